The predicted molar refractivity (Wildman–Crippen MR) is 79.6 cm³/mol. The van der Waals surface area contributed by atoms with Crippen LogP contribution in [0.1, 0.15) is 12.2 Å². The number of aryl methyl sites for hydroxylation is 1. The first-order valence-corrected chi connectivity index (χ1v) is 6.93. The van der Waals surface area contributed by atoms with Gasteiger partial charge in [-0.1, -0.05) is 0 Å². The highest BCUT2D eigenvalue weighted by atomic mass is 16.5. The third-order valence-corrected chi connectivity index (χ3v) is 3.45. The van der Waals surface area contributed by atoms with Gasteiger partial charge in [0.05, 0.1) is 7.11 Å². The molecule has 2 aromatic heterocycles. The molecule has 21 heavy (non-hydrogen) atoms. The molecule has 3 rings (SSSR count). The fraction of sp³-hybridized carbons (Fsp3) is 0.429. The standard InChI is InChI=1S/C14H18N6O/c1-10-15-6-3-12(17-10)20-8-5-11(9-20)18-14-16-7-4-13(19-14)21-2/h3-4,6-7,11H,5,8-9H2,1-2H3,(H,16,18,19). The number of anilines is 2. The molecule has 0 spiro atoms. The Morgan fingerprint density at radius 2 is 2.10 bits per heavy atom. The molecule has 1 fully saturated rings. The summed E-state index contributed by atoms with van der Waals surface area (Å²) in [6.45, 7) is 3.73. The van der Waals surface area contributed by atoms with Gasteiger partial charge in [-0.3, -0.25) is 0 Å². The Morgan fingerprint density at radius 1 is 1.24 bits per heavy atom. The van der Waals surface area contributed by atoms with E-state index in [2.05, 4.69) is 30.2 Å². The molecular weight excluding hydrogens is 268 g/mol. The van der Waals surface area contributed by atoms with Crippen LogP contribution in [0.5, 0.6) is 5.88 Å². The van der Waals surface area contributed by atoms with Crippen molar-refractivity contribution in [2.45, 2.75) is 19.4 Å². The number of hydrogen-bond donors (Lipinski definition) is 1. The van der Waals surface area contributed by atoms with Crippen LogP contribution in [0.25, 0.3) is 0 Å². The average Bonchev–Trinajstić information content (AvgIpc) is 2.96. The van der Waals surface area contributed by atoms with Gasteiger partial charge in [-0.05, 0) is 19.4 Å². The SMILES string of the molecule is COc1ccnc(NC2CCN(c3ccnc(C)n3)C2)n1. The van der Waals surface area contributed by atoms with Crippen molar-refractivity contribution in [1.82, 2.24) is 19.9 Å². The van der Waals surface area contributed by atoms with E-state index < -0.39 is 0 Å². The first-order valence-electron chi connectivity index (χ1n) is 6.93. The zero-order chi connectivity index (χ0) is 14.7. The van der Waals surface area contributed by atoms with Crippen molar-refractivity contribution in [2.75, 3.05) is 30.4 Å². The number of hydrogen-bond acceptors (Lipinski definition) is 7. The van der Waals surface area contributed by atoms with Crippen LogP contribution >= 0.6 is 0 Å². The summed E-state index contributed by atoms with van der Waals surface area (Å²) in [7, 11) is 1.60. The van der Waals surface area contributed by atoms with Gasteiger partial charge in [-0.15, -0.1) is 0 Å². The molecule has 0 aliphatic carbocycles. The van der Waals surface area contributed by atoms with Gasteiger partial charge in [0.2, 0.25) is 11.8 Å². The number of nitrogens with zero attached hydrogens (tertiary/aromatic N) is 5. The lowest BCUT2D eigenvalue weighted by molar-refractivity contribution is 0.397. The summed E-state index contributed by atoms with van der Waals surface area (Å²) in [5.41, 5.74) is 0. The Labute approximate surface area is 123 Å². The van der Waals surface area contributed by atoms with E-state index in [1.807, 2.05) is 13.0 Å². The maximum atomic E-state index is 5.10. The molecule has 1 aliphatic rings. The molecule has 0 saturated carbocycles. The van der Waals surface area contributed by atoms with E-state index in [0.29, 0.717) is 17.9 Å². The Hall–Kier alpha value is -2.44. The lowest BCUT2D eigenvalue weighted by atomic mass is 10.3. The number of methoxy groups -OCH3 is 1. The van der Waals surface area contributed by atoms with Crippen LogP contribution in [0.3, 0.4) is 0 Å². The highest BCUT2D eigenvalue weighted by molar-refractivity contribution is 5.41. The number of aromatic nitrogens is 4. The van der Waals surface area contributed by atoms with Crippen molar-refractivity contribution in [3.63, 3.8) is 0 Å². The molecule has 3 heterocycles. The van der Waals surface area contributed by atoms with Crippen LogP contribution in [0.15, 0.2) is 24.5 Å². The van der Waals surface area contributed by atoms with Crippen molar-refractivity contribution >= 4 is 11.8 Å². The van der Waals surface area contributed by atoms with Gasteiger partial charge < -0.3 is 15.0 Å². The van der Waals surface area contributed by atoms with Crippen molar-refractivity contribution in [2.24, 2.45) is 0 Å². The Kier molecular flexibility index (Phi) is 3.81. The van der Waals surface area contributed by atoms with Crippen molar-refractivity contribution in [1.29, 1.82) is 0 Å². The van der Waals surface area contributed by atoms with Crippen LogP contribution < -0.4 is 15.0 Å². The summed E-state index contributed by atoms with van der Waals surface area (Å²) < 4.78 is 5.10. The van der Waals surface area contributed by atoms with Crippen LogP contribution in [0.4, 0.5) is 11.8 Å². The topological polar surface area (TPSA) is 76.1 Å². The van der Waals surface area contributed by atoms with Crippen LogP contribution in [0, 0.1) is 6.92 Å². The van der Waals surface area contributed by atoms with E-state index >= 15 is 0 Å². The second-order valence-corrected chi connectivity index (χ2v) is 4.96. The van der Waals surface area contributed by atoms with Crippen molar-refractivity contribution < 1.29 is 4.74 Å². The molecule has 1 atom stereocenters. The molecule has 0 radical (unpaired) electrons. The molecule has 1 aliphatic heterocycles. The molecule has 1 saturated heterocycles. The van der Waals surface area contributed by atoms with Gasteiger partial charge >= 0.3 is 0 Å². The quantitative estimate of drug-likeness (QED) is 0.907. The Morgan fingerprint density at radius 3 is 2.90 bits per heavy atom. The monoisotopic (exact) mass is 286 g/mol. The van der Waals surface area contributed by atoms with Crippen molar-refractivity contribution in [3.05, 3.63) is 30.4 Å². The van der Waals surface area contributed by atoms with E-state index in [-0.39, 0.29) is 0 Å². The van der Waals surface area contributed by atoms with Gasteiger partial charge in [0.25, 0.3) is 0 Å². The normalized spacial score (nSPS) is 17.8. The zero-order valence-corrected chi connectivity index (χ0v) is 12.2. The molecule has 0 aromatic carbocycles. The smallest absolute Gasteiger partial charge is 0.226 e. The van der Waals surface area contributed by atoms with E-state index in [1.54, 1.807) is 25.6 Å². The van der Waals surface area contributed by atoms with Gasteiger partial charge in [-0.25, -0.2) is 15.0 Å². The lowest BCUT2D eigenvalue weighted by Gasteiger charge is -2.18. The van der Waals surface area contributed by atoms with Crippen LogP contribution in [-0.2, 0) is 0 Å². The maximum Gasteiger partial charge on any atom is 0.226 e. The van der Waals surface area contributed by atoms with Gasteiger partial charge in [0, 0.05) is 37.6 Å². The minimum atomic E-state index is 0.298. The number of nitrogens with one attached hydrogen (secondary N) is 1. The van der Waals surface area contributed by atoms with Gasteiger partial charge in [0.15, 0.2) is 0 Å². The lowest BCUT2D eigenvalue weighted by Crippen LogP contribution is -2.27. The summed E-state index contributed by atoms with van der Waals surface area (Å²) in [6.07, 6.45) is 4.50. The number of ether oxygens (including phenoxy) is 1. The first-order chi connectivity index (χ1) is 10.2. The van der Waals surface area contributed by atoms with E-state index in [9.17, 15) is 0 Å². The molecule has 2 aromatic rings. The third-order valence-electron chi connectivity index (χ3n) is 3.45. The van der Waals surface area contributed by atoms with Gasteiger partial charge in [0.1, 0.15) is 11.6 Å². The second-order valence-electron chi connectivity index (χ2n) is 4.96. The zero-order valence-electron chi connectivity index (χ0n) is 12.2. The fourth-order valence-corrected chi connectivity index (χ4v) is 2.41. The summed E-state index contributed by atoms with van der Waals surface area (Å²) in [4.78, 5) is 19.3. The van der Waals surface area contributed by atoms with Crippen LogP contribution in [0.2, 0.25) is 0 Å². The predicted octanol–water partition coefficient (Wildman–Crippen LogP) is 1.27. The summed E-state index contributed by atoms with van der Waals surface area (Å²) >= 11 is 0. The van der Waals surface area contributed by atoms with E-state index in [1.165, 1.54) is 0 Å². The van der Waals surface area contributed by atoms with Crippen LogP contribution in [-0.4, -0.2) is 46.2 Å². The summed E-state index contributed by atoms with van der Waals surface area (Å²) in [5.74, 6) is 2.92. The Bertz CT molecular complexity index is 620. The highest BCUT2D eigenvalue weighted by Crippen LogP contribution is 2.20. The Balaban J connectivity index is 1.64. The molecule has 0 amide bonds. The molecular formula is C14H18N6O. The number of rotatable bonds is 4. The molecule has 0 bridgehead atoms. The minimum Gasteiger partial charge on any atom is -0.481 e. The maximum absolute atomic E-state index is 5.10. The molecule has 7 nitrogen and oxygen atoms in total. The fourth-order valence-electron chi connectivity index (χ4n) is 2.41. The molecule has 110 valence electrons. The average molecular weight is 286 g/mol. The highest BCUT2D eigenvalue weighted by Gasteiger charge is 2.24. The third kappa shape index (κ3) is 3.18. The molecule has 1 N–H and O–H groups in total. The summed E-state index contributed by atoms with van der Waals surface area (Å²) in [6, 6.07) is 3.97. The summed E-state index contributed by atoms with van der Waals surface area (Å²) in [5, 5.41) is 3.34. The second kappa shape index (κ2) is 5.90. The van der Waals surface area contributed by atoms with E-state index in [4.69, 9.17) is 4.74 Å². The van der Waals surface area contributed by atoms with E-state index in [0.717, 1.165) is 31.2 Å². The molecule has 1 unspecified atom stereocenters. The molecule has 7 heteroatoms. The minimum absolute atomic E-state index is 0.298. The first kappa shape index (κ1) is 13.5. The largest absolute Gasteiger partial charge is 0.481 e. The van der Waals surface area contributed by atoms with Crippen molar-refractivity contribution in [3.8, 4) is 5.88 Å². The van der Waals surface area contributed by atoms with Gasteiger partial charge in [-0.2, -0.15) is 4.98 Å².